The monoisotopic (exact) mass is 360 g/mol. The first-order valence-corrected chi connectivity index (χ1v) is 9.47. The molecule has 134 valence electrons. The van der Waals surface area contributed by atoms with Gasteiger partial charge in [0.25, 0.3) is 0 Å². The Hall–Kier alpha value is -3.58. The molecule has 5 rings (SSSR count). The number of para-hydroxylation sites is 1. The summed E-state index contributed by atoms with van der Waals surface area (Å²) in [5.41, 5.74) is 8.94. The summed E-state index contributed by atoms with van der Waals surface area (Å²) in [5.74, 6) is 0. The molecule has 28 heavy (non-hydrogen) atoms. The molecule has 0 saturated heterocycles. The molecule has 5 aromatic rings. The van der Waals surface area contributed by atoms with Gasteiger partial charge in [-0.3, -0.25) is 0 Å². The van der Waals surface area contributed by atoms with Gasteiger partial charge in [0, 0.05) is 10.8 Å². The maximum Gasteiger partial charge on any atom is 0.135 e. The summed E-state index contributed by atoms with van der Waals surface area (Å²) in [5, 5.41) is 2.32. The third-order valence-electron chi connectivity index (χ3n) is 5.28. The Morgan fingerprint density at radius 1 is 0.607 bits per heavy atom. The zero-order valence-electron chi connectivity index (χ0n) is 15.8. The highest BCUT2D eigenvalue weighted by Crippen LogP contribution is 2.33. The van der Waals surface area contributed by atoms with Crippen LogP contribution in [0.3, 0.4) is 0 Å². The van der Waals surface area contributed by atoms with Gasteiger partial charge in [0.05, 0.1) is 0 Å². The van der Waals surface area contributed by atoms with Crippen LogP contribution in [0, 0.1) is 0 Å². The first-order valence-electron chi connectivity index (χ1n) is 9.47. The van der Waals surface area contributed by atoms with Crippen molar-refractivity contribution in [3.8, 4) is 22.3 Å². The topological polar surface area (TPSA) is 13.1 Å². The lowest BCUT2D eigenvalue weighted by Crippen LogP contribution is -1.83. The van der Waals surface area contributed by atoms with Crippen LogP contribution in [-0.2, 0) is 0 Å². The van der Waals surface area contributed by atoms with Gasteiger partial charge in [-0.05, 0) is 59.0 Å². The fourth-order valence-electron chi connectivity index (χ4n) is 3.72. The van der Waals surface area contributed by atoms with Crippen molar-refractivity contribution in [2.45, 2.75) is 6.92 Å². The van der Waals surface area contributed by atoms with Crippen molar-refractivity contribution in [1.82, 2.24) is 0 Å². The summed E-state index contributed by atoms with van der Waals surface area (Å²) in [4.78, 5) is 0. The Labute approximate surface area is 164 Å². The number of hydrogen-bond acceptors (Lipinski definition) is 1. The van der Waals surface area contributed by atoms with E-state index < -0.39 is 0 Å². The average molecular weight is 360 g/mol. The van der Waals surface area contributed by atoms with Gasteiger partial charge in [0.15, 0.2) is 0 Å². The second-order valence-electron chi connectivity index (χ2n) is 7.25. The molecule has 1 heteroatoms. The van der Waals surface area contributed by atoms with Gasteiger partial charge in [0.1, 0.15) is 11.2 Å². The number of furan rings is 1. The second-order valence-corrected chi connectivity index (χ2v) is 7.25. The Morgan fingerprint density at radius 2 is 1.25 bits per heavy atom. The molecule has 1 heterocycles. The largest absolute Gasteiger partial charge is 0.456 e. The number of hydrogen-bond donors (Lipinski definition) is 0. The second kappa shape index (κ2) is 6.54. The third kappa shape index (κ3) is 2.82. The maximum atomic E-state index is 5.94. The van der Waals surface area contributed by atoms with Crippen LogP contribution in [0.4, 0.5) is 0 Å². The van der Waals surface area contributed by atoms with Crippen LogP contribution in [0.5, 0.6) is 0 Å². The van der Waals surface area contributed by atoms with E-state index in [1.807, 2.05) is 19.1 Å². The van der Waals surface area contributed by atoms with Crippen molar-refractivity contribution in [3.05, 3.63) is 103 Å². The molecule has 0 N–H and O–H groups in total. The molecule has 0 bridgehead atoms. The molecular formula is C27H20O. The minimum Gasteiger partial charge on any atom is -0.456 e. The van der Waals surface area contributed by atoms with Crippen molar-refractivity contribution in [2.75, 3.05) is 0 Å². The minimum atomic E-state index is 0.929. The van der Waals surface area contributed by atoms with E-state index in [0.29, 0.717) is 0 Å². The Kier molecular flexibility index (Phi) is 3.87. The van der Waals surface area contributed by atoms with Gasteiger partial charge in [-0.2, -0.15) is 0 Å². The predicted molar refractivity (Wildman–Crippen MR) is 119 cm³/mol. The van der Waals surface area contributed by atoms with E-state index >= 15 is 0 Å². The molecule has 1 nitrogen and oxygen atoms in total. The quantitative estimate of drug-likeness (QED) is 0.318. The standard InChI is InChI=1S/C27H20O/c1-18(2)21-6-5-7-22(16-21)19-10-12-20(13-11-19)23-14-15-27-25(17-23)24-8-3-4-9-26(24)28-27/h3-17H,1H2,2H3. The first kappa shape index (κ1) is 16.6. The highest BCUT2D eigenvalue weighted by Gasteiger charge is 2.08. The molecule has 0 fully saturated rings. The van der Waals surface area contributed by atoms with Gasteiger partial charge in [-0.25, -0.2) is 0 Å². The van der Waals surface area contributed by atoms with Crippen LogP contribution in [-0.4, -0.2) is 0 Å². The summed E-state index contributed by atoms with van der Waals surface area (Å²) in [6.07, 6.45) is 0. The van der Waals surface area contributed by atoms with Crippen molar-refractivity contribution < 1.29 is 4.42 Å². The third-order valence-corrected chi connectivity index (χ3v) is 5.28. The summed E-state index contributed by atoms with van der Waals surface area (Å²) in [6, 6.07) is 31.9. The highest BCUT2D eigenvalue weighted by molar-refractivity contribution is 6.06. The van der Waals surface area contributed by atoms with Gasteiger partial charge in [-0.1, -0.05) is 78.9 Å². The molecule has 0 aliphatic rings. The van der Waals surface area contributed by atoms with E-state index in [4.69, 9.17) is 4.42 Å². The van der Waals surface area contributed by atoms with E-state index in [9.17, 15) is 0 Å². The molecular weight excluding hydrogens is 340 g/mol. The minimum absolute atomic E-state index is 0.929. The van der Waals surface area contributed by atoms with Gasteiger partial charge in [0.2, 0.25) is 0 Å². The summed E-state index contributed by atoms with van der Waals surface area (Å²) < 4.78 is 5.94. The van der Waals surface area contributed by atoms with Crippen molar-refractivity contribution in [1.29, 1.82) is 0 Å². The molecule has 0 radical (unpaired) electrons. The van der Waals surface area contributed by atoms with Gasteiger partial charge < -0.3 is 4.42 Å². The number of benzene rings is 4. The lowest BCUT2D eigenvalue weighted by atomic mass is 9.97. The predicted octanol–water partition coefficient (Wildman–Crippen LogP) is 7.95. The maximum absolute atomic E-state index is 5.94. The Morgan fingerprint density at radius 3 is 2.00 bits per heavy atom. The van der Waals surface area contributed by atoms with E-state index in [1.165, 1.54) is 27.8 Å². The summed E-state index contributed by atoms with van der Waals surface area (Å²) in [7, 11) is 0. The molecule has 0 aliphatic carbocycles. The van der Waals surface area contributed by atoms with Crippen LogP contribution in [0.25, 0.3) is 49.8 Å². The van der Waals surface area contributed by atoms with E-state index in [1.54, 1.807) is 0 Å². The molecule has 0 unspecified atom stereocenters. The van der Waals surface area contributed by atoms with Crippen LogP contribution in [0.2, 0.25) is 0 Å². The van der Waals surface area contributed by atoms with Crippen LogP contribution < -0.4 is 0 Å². The molecule has 4 aromatic carbocycles. The smallest absolute Gasteiger partial charge is 0.135 e. The lowest BCUT2D eigenvalue weighted by Gasteiger charge is -2.07. The molecule has 0 aliphatic heterocycles. The zero-order valence-corrected chi connectivity index (χ0v) is 15.8. The van der Waals surface area contributed by atoms with Crippen molar-refractivity contribution in [2.24, 2.45) is 0 Å². The Balaban J connectivity index is 1.54. The van der Waals surface area contributed by atoms with E-state index in [0.717, 1.165) is 27.5 Å². The van der Waals surface area contributed by atoms with Gasteiger partial charge >= 0.3 is 0 Å². The molecule has 0 saturated carbocycles. The average Bonchev–Trinajstić information content (AvgIpc) is 3.12. The lowest BCUT2D eigenvalue weighted by molar-refractivity contribution is 0.669. The highest BCUT2D eigenvalue weighted by atomic mass is 16.3. The van der Waals surface area contributed by atoms with E-state index in [2.05, 4.69) is 85.4 Å². The number of fused-ring (bicyclic) bond motifs is 3. The van der Waals surface area contributed by atoms with Crippen molar-refractivity contribution >= 4 is 27.5 Å². The van der Waals surface area contributed by atoms with Gasteiger partial charge in [-0.15, -0.1) is 0 Å². The summed E-state index contributed by atoms with van der Waals surface area (Å²) >= 11 is 0. The molecule has 0 atom stereocenters. The van der Waals surface area contributed by atoms with Crippen LogP contribution in [0.15, 0.2) is 102 Å². The molecule has 0 amide bonds. The fraction of sp³-hybridized carbons (Fsp3) is 0.0370. The van der Waals surface area contributed by atoms with Crippen LogP contribution in [0.1, 0.15) is 12.5 Å². The molecule has 1 aromatic heterocycles. The van der Waals surface area contributed by atoms with E-state index in [-0.39, 0.29) is 0 Å². The SMILES string of the molecule is C=C(C)c1cccc(-c2ccc(-c3ccc4oc5ccccc5c4c3)cc2)c1. The Bertz CT molecular complexity index is 1320. The fourth-order valence-corrected chi connectivity index (χ4v) is 3.72. The number of allylic oxidation sites excluding steroid dienone is 1. The van der Waals surface area contributed by atoms with Crippen molar-refractivity contribution in [3.63, 3.8) is 0 Å². The summed E-state index contributed by atoms with van der Waals surface area (Å²) in [6.45, 7) is 6.09. The zero-order chi connectivity index (χ0) is 19.1. The number of rotatable bonds is 3. The normalized spacial score (nSPS) is 11.2. The first-order chi connectivity index (χ1) is 13.7. The molecule has 0 spiro atoms. The van der Waals surface area contributed by atoms with Crippen LogP contribution >= 0.6 is 0 Å².